The fraction of sp³-hybridized carbons (Fsp3) is 0.471. The zero-order valence-corrected chi connectivity index (χ0v) is 14.7. The van der Waals surface area contributed by atoms with E-state index in [2.05, 4.69) is 35.9 Å². The first-order valence-corrected chi connectivity index (χ1v) is 8.06. The first kappa shape index (κ1) is 15.4. The Bertz CT molecular complexity index is 659. The third-order valence-corrected chi connectivity index (χ3v) is 4.93. The Balaban J connectivity index is 1.77. The van der Waals surface area contributed by atoms with Crippen molar-refractivity contribution >= 4 is 21.9 Å². The van der Waals surface area contributed by atoms with Gasteiger partial charge in [0.25, 0.3) is 0 Å². The molecular weight excluding hydrogens is 348 g/mol. The van der Waals surface area contributed by atoms with Crippen molar-refractivity contribution in [2.24, 2.45) is 17.3 Å². The maximum absolute atomic E-state index is 12.5. The normalized spacial score (nSPS) is 23.9. The van der Waals surface area contributed by atoms with Crippen LogP contribution in [-0.2, 0) is 4.79 Å². The van der Waals surface area contributed by atoms with E-state index in [1.54, 1.807) is 12.1 Å². The summed E-state index contributed by atoms with van der Waals surface area (Å²) in [6, 6.07) is 3.45. The molecule has 0 N–H and O–H groups in total. The van der Waals surface area contributed by atoms with Gasteiger partial charge in [-0.2, -0.15) is 0 Å². The highest BCUT2D eigenvalue weighted by Gasteiger charge is 2.61. The van der Waals surface area contributed by atoms with Gasteiger partial charge in [-0.3, -0.25) is 4.79 Å². The van der Waals surface area contributed by atoms with Gasteiger partial charge >= 0.3 is 5.97 Å². The van der Waals surface area contributed by atoms with Crippen LogP contribution in [0.15, 0.2) is 28.3 Å². The van der Waals surface area contributed by atoms with Crippen LogP contribution in [0.2, 0.25) is 0 Å². The largest absolute Gasteiger partial charge is 0.454 e. The van der Waals surface area contributed by atoms with E-state index < -0.39 is 0 Å². The minimum Gasteiger partial charge on any atom is -0.454 e. The van der Waals surface area contributed by atoms with Gasteiger partial charge in [0.2, 0.25) is 6.79 Å². The van der Waals surface area contributed by atoms with E-state index in [-0.39, 0.29) is 30.0 Å². The SMILES string of the molecule is CC(C)=CC1C(C(=O)Oc2cc3c(cc2Br)OCO3)C1(C)C. The molecule has 118 valence electrons. The summed E-state index contributed by atoms with van der Waals surface area (Å²) in [5.41, 5.74) is 1.16. The number of esters is 1. The van der Waals surface area contributed by atoms with Crippen LogP contribution in [0.25, 0.3) is 0 Å². The van der Waals surface area contributed by atoms with Crippen LogP contribution in [0.4, 0.5) is 0 Å². The highest BCUT2D eigenvalue weighted by Crippen LogP contribution is 2.60. The Morgan fingerprint density at radius 3 is 2.59 bits per heavy atom. The molecule has 1 aliphatic heterocycles. The molecule has 0 amide bonds. The summed E-state index contributed by atoms with van der Waals surface area (Å²) in [6.07, 6.45) is 2.15. The van der Waals surface area contributed by atoms with Gasteiger partial charge in [-0.25, -0.2) is 0 Å². The van der Waals surface area contributed by atoms with Crippen molar-refractivity contribution in [3.63, 3.8) is 0 Å². The quantitative estimate of drug-likeness (QED) is 0.453. The summed E-state index contributed by atoms with van der Waals surface area (Å²) in [7, 11) is 0. The number of ether oxygens (including phenoxy) is 3. The number of allylic oxidation sites excluding steroid dienone is 2. The molecule has 22 heavy (non-hydrogen) atoms. The number of halogens is 1. The number of benzene rings is 1. The summed E-state index contributed by atoms with van der Waals surface area (Å²) < 4.78 is 16.9. The van der Waals surface area contributed by atoms with Crippen molar-refractivity contribution in [3.8, 4) is 17.2 Å². The van der Waals surface area contributed by atoms with Gasteiger partial charge in [0.15, 0.2) is 11.5 Å². The van der Waals surface area contributed by atoms with E-state index >= 15 is 0 Å². The predicted molar refractivity (Wildman–Crippen MR) is 86.1 cm³/mol. The van der Waals surface area contributed by atoms with Crippen molar-refractivity contribution in [2.45, 2.75) is 27.7 Å². The summed E-state index contributed by atoms with van der Waals surface area (Å²) in [5, 5.41) is 0. The summed E-state index contributed by atoms with van der Waals surface area (Å²) in [6.45, 7) is 8.48. The molecule has 0 spiro atoms. The van der Waals surface area contributed by atoms with Crippen LogP contribution in [0.5, 0.6) is 17.2 Å². The molecule has 1 fully saturated rings. The fourth-order valence-electron chi connectivity index (χ4n) is 2.95. The van der Waals surface area contributed by atoms with Crippen molar-refractivity contribution in [1.29, 1.82) is 0 Å². The maximum Gasteiger partial charge on any atom is 0.315 e. The maximum atomic E-state index is 12.5. The van der Waals surface area contributed by atoms with E-state index in [1.165, 1.54) is 5.57 Å². The lowest BCUT2D eigenvalue weighted by Crippen LogP contribution is -2.14. The van der Waals surface area contributed by atoms with Crippen LogP contribution >= 0.6 is 15.9 Å². The van der Waals surface area contributed by atoms with E-state index in [4.69, 9.17) is 14.2 Å². The number of rotatable bonds is 3. The number of hydrogen-bond acceptors (Lipinski definition) is 4. The number of carbonyl (C=O) groups excluding carboxylic acids is 1. The molecule has 3 rings (SSSR count). The van der Waals surface area contributed by atoms with Gasteiger partial charge in [0.1, 0.15) is 5.75 Å². The molecule has 1 heterocycles. The first-order chi connectivity index (χ1) is 10.3. The molecule has 4 nitrogen and oxygen atoms in total. The lowest BCUT2D eigenvalue weighted by atomic mass is 10.1. The smallest absolute Gasteiger partial charge is 0.315 e. The number of hydrogen-bond donors (Lipinski definition) is 0. The molecule has 1 aromatic carbocycles. The molecule has 2 unspecified atom stereocenters. The number of fused-ring (bicyclic) bond motifs is 1. The van der Waals surface area contributed by atoms with Gasteiger partial charge in [0, 0.05) is 12.1 Å². The summed E-state index contributed by atoms with van der Waals surface area (Å²) >= 11 is 3.41. The highest BCUT2D eigenvalue weighted by atomic mass is 79.9. The van der Waals surface area contributed by atoms with Crippen LogP contribution in [0, 0.1) is 17.3 Å². The number of carbonyl (C=O) groups is 1. The van der Waals surface area contributed by atoms with Gasteiger partial charge in [-0.1, -0.05) is 25.5 Å². The van der Waals surface area contributed by atoms with Gasteiger partial charge in [-0.15, -0.1) is 0 Å². The molecule has 5 heteroatoms. The van der Waals surface area contributed by atoms with Crippen LogP contribution in [0.3, 0.4) is 0 Å². The minimum atomic E-state index is -0.202. The van der Waals surface area contributed by atoms with E-state index in [0.29, 0.717) is 21.7 Å². The monoisotopic (exact) mass is 366 g/mol. The Labute approximate surface area is 138 Å². The van der Waals surface area contributed by atoms with Crippen LogP contribution in [-0.4, -0.2) is 12.8 Å². The van der Waals surface area contributed by atoms with Gasteiger partial charge < -0.3 is 14.2 Å². The van der Waals surface area contributed by atoms with E-state index in [1.807, 2.05) is 13.8 Å². The molecule has 1 saturated carbocycles. The van der Waals surface area contributed by atoms with Crippen LogP contribution in [0.1, 0.15) is 27.7 Å². The third-order valence-electron chi connectivity index (χ3n) is 4.32. The molecule has 0 aromatic heterocycles. The lowest BCUT2D eigenvalue weighted by Gasteiger charge is -2.08. The second-order valence-corrected chi connectivity index (χ2v) is 7.48. The highest BCUT2D eigenvalue weighted by molar-refractivity contribution is 9.10. The zero-order chi connectivity index (χ0) is 16.1. The molecule has 0 bridgehead atoms. The zero-order valence-electron chi connectivity index (χ0n) is 13.1. The minimum absolute atomic E-state index is 0.0584. The molecule has 1 aliphatic carbocycles. The lowest BCUT2D eigenvalue weighted by molar-refractivity contribution is -0.136. The Morgan fingerprint density at radius 1 is 1.32 bits per heavy atom. The Kier molecular flexibility index (Phi) is 3.71. The topological polar surface area (TPSA) is 44.8 Å². The Hall–Kier alpha value is -1.49. The molecule has 1 aromatic rings. The molecular formula is C17H19BrO4. The molecule has 0 radical (unpaired) electrons. The second kappa shape index (κ2) is 5.30. The average molecular weight is 367 g/mol. The third kappa shape index (κ3) is 2.62. The Morgan fingerprint density at radius 2 is 1.95 bits per heavy atom. The van der Waals surface area contributed by atoms with E-state index in [0.717, 1.165) is 0 Å². The van der Waals surface area contributed by atoms with Crippen molar-refractivity contribution in [2.75, 3.05) is 6.79 Å². The summed E-state index contributed by atoms with van der Waals surface area (Å²) in [4.78, 5) is 12.5. The van der Waals surface area contributed by atoms with Gasteiger partial charge in [0.05, 0.1) is 10.4 Å². The molecule has 2 atom stereocenters. The van der Waals surface area contributed by atoms with Crippen LogP contribution < -0.4 is 14.2 Å². The predicted octanol–water partition coefficient (Wildman–Crippen LogP) is 4.32. The standard InChI is InChI=1S/C17H19BrO4/c1-9(2)5-10-15(17(10,3)4)16(19)22-12-7-14-13(6-11(12)18)20-8-21-14/h5-7,10,15H,8H2,1-4H3. The first-order valence-electron chi connectivity index (χ1n) is 7.26. The second-order valence-electron chi connectivity index (χ2n) is 6.63. The van der Waals surface area contributed by atoms with Crippen molar-refractivity contribution < 1.29 is 19.0 Å². The molecule has 2 aliphatic rings. The summed E-state index contributed by atoms with van der Waals surface area (Å²) in [5.74, 6) is 1.64. The average Bonchev–Trinajstić information content (AvgIpc) is 2.76. The molecule has 0 saturated heterocycles. The fourth-order valence-corrected chi connectivity index (χ4v) is 3.35. The van der Waals surface area contributed by atoms with Crippen molar-refractivity contribution in [3.05, 3.63) is 28.3 Å². The van der Waals surface area contributed by atoms with E-state index in [9.17, 15) is 4.79 Å². The van der Waals surface area contributed by atoms with Crippen molar-refractivity contribution in [1.82, 2.24) is 0 Å². The van der Waals surface area contributed by atoms with Gasteiger partial charge in [-0.05, 0) is 41.1 Å².